The van der Waals surface area contributed by atoms with Crippen molar-refractivity contribution in [2.75, 3.05) is 0 Å². The second-order valence-corrected chi connectivity index (χ2v) is 4.44. The van der Waals surface area contributed by atoms with Crippen LogP contribution in [0.4, 0.5) is 0 Å². The molecule has 0 saturated carbocycles. The topological polar surface area (TPSA) is 27.7 Å². The van der Waals surface area contributed by atoms with Gasteiger partial charge in [-0.25, -0.2) is 0 Å². The molecule has 0 aromatic carbocycles. The lowest BCUT2D eigenvalue weighted by atomic mass is 10.4. The van der Waals surface area contributed by atoms with Gasteiger partial charge in [-0.05, 0) is 20.8 Å². The number of hydrogen-bond donors (Lipinski definition) is 0. The lowest BCUT2D eigenvalue weighted by Gasteiger charge is -2.23. The Morgan fingerprint density at radius 3 is 1.19 bits per heavy atom. The lowest BCUT2D eigenvalue weighted by Crippen LogP contribution is -2.11. The third-order valence-corrected chi connectivity index (χ3v) is 3.27. The van der Waals surface area contributed by atoms with Gasteiger partial charge < -0.3 is 13.6 Å². The summed E-state index contributed by atoms with van der Waals surface area (Å²) in [5, 5.41) is 0. The Bertz CT molecular complexity index is 192. The third-order valence-electron chi connectivity index (χ3n) is 1.75. The Morgan fingerprint density at radius 1 is 0.750 bits per heavy atom. The molecule has 0 radical (unpaired) electrons. The van der Waals surface area contributed by atoms with Crippen molar-refractivity contribution in [3.05, 3.63) is 38.0 Å². The van der Waals surface area contributed by atoms with Crippen LogP contribution in [-0.4, -0.2) is 18.3 Å². The molecule has 0 rings (SSSR count). The zero-order valence-electron chi connectivity index (χ0n) is 10.3. The second kappa shape index (κ2) is 8.66. The van der Waals surface area contributed by atoms with E-state index in [0.717, 1.165) is 0 Å². The molecule has 0 bridgehead atoms. The van der Waals surface area contributed by atoms with E-state index >= 15 is 0 Å². The van der Waals surface area contributed by atoms with Crippen LogP contribution < -0.4 is 0 Å². The number of rotatable bonds is 9. The van der Waals surface area contributed by atoms with Gasteiger partial charge in [0, 0.05) is 0 Å². The molecule has 3 atom stereocenters. The van der Waals surface area contributed by atoms with Crippen molar-refractivity contribution in [2.24, 2.45) is 0 Å². The minimum absolute atomic E-state index is 0.111. The van der Waals surface area contributed by atoms with Gasteiger partial charge in [0.1, 0.15) is 0 Å². The first kappa shape index (κ1) is 15.5. The van der Waals surface area contributed by atoms with E-state index in [1.165, 1.54) is 0 Å². The van der Waals surface area contributed by atoms with Crippen molar-refractivity contribution in [3.63, 3.8) is 0 Å². The SMILES string of the molecule is C=CC(C)OP(OC(C)C=C)OC(C)C=C. The van der Waals surface area contributed by atoms with Crippen molar-refractivity contribution in [1.82, 2.24) is 0 Å². The molecule has 4 heteroatoms. The van der Waals surface area contributed by atoms with Crippen molar-refractivity contribution in [3.8, 4) is 0 Å². The summed E-state index contributed by atoms with van der Waals surface area (Å²) in [6.07, 6.45) is 4.75. The quantitative estimate of drug-likeness (QED) is 0.453. The standard InChI is InChI=1S/C12H21O3P/c1-7-10(4)13-16(14-11(5)8-2)15-12(6)9-3/h7-12H,1-3H2,4-6H3. The highest BCUT2D eigenvalue weighted by atomic mass is 31.2. The summed E-state index contributed by atoms with van der Waals surface area (Å²) in [5.41, 5.74) is 0. The molecule has 0 spiro atoms. The molecule has 0 amide bonds. The molecular formula is C12H21O3P. The van der Waals surface area contributed by atoms with E-state index in [9.17, 15) is 0 Å². The predicted octanol–water partition coefficient (Wildman–Crippen LogP) is 3.99. The van der Waals surface area contributed by atoms with Crippen LogP contribution in [0.15, 0.2) is 38.0 Å². The van der Waals surface area contributed by atoms with E-state index in [1.807, 2.05) is 20.8 Å². The molecule has 16 heavy (non-hydrogen) atoms. The van der Waals surface area contributed by atoms with Gasteiger partial charge in [0.05, 0.1) is 18.3 Å². The summed E-state index contributed by atoms with van der Waals surface area (Å²) in [4.78, 5) is 0. The fourth-order valence-electron chi connectivity index (χ4n) is 0.611. The first-order valence-electron chi connectivity index (χ1n) is 5.21. The lowest BCUT2D eigenvalue weighted by molar-refractivity contribution is 0.117. The fourth-order valence-corrected chi connectivity index (χ4v) is 1.83. The van der Waals surface area contributed by atoms with E-state index in [2.05, 4.69) is 19.7 Å². The molecule has 0 aliphatic heterocycles. The summed E-state index contributed by atoms with van der Waals surface area (Å²) in [7, 11) is -1.41. The van der Waals surface area contributed by atoms with Gasteiger partial charge >= 0.3 is 8.60 Å². The highest BCUT2D eigenvalue weighted by Crippen LogP contribution is 2.44. The largest absolute Gasteiger partial charge is 0.334 e. The highest BCUT2D eigenvalue weighted by Gasteiger charge is 2.19. The number of hydrogen-bond acceptors (Lipinski definition) is 3. The smallest absolute Gasteiger partial charge is 0.305 e. The maximum absolute atomic E-state index is 5.55. The first-order valence-corrected chi connectivity index (χ1v) is 6.31. The zero-order chi connectivity index (χ0) is 12.6. The minimum atomic E-state index is -1.41. The van der Waals surface area contributed by atoms with Gasteiger partial charge in [0.2, 0.25) is 0 Å². The Labute approximate surface area is 99.8 Å². The molecule has 0 heterocycles. The third kappa shape index (κ3) is 6.91. The predicted molar refractivity (Wildman–Crippen MR) is 69.2 cm³/mol. The van der Waals surface area contributed by atoms with Crippen LogP contribution >= 0.6 is 8.60 Å². The molecule has 0 saturated heterocycles. The molecule has 3 unspecified atom stereocenters. The van der Waals surface area contributed by atoms with E-state index in [-0.39, 0.29) is 18.3 Å². The maximum Gasteiger partial charge on any atom is 0.334 e. The molecule has 0 aromatic heterocycles. The Balaban J connectivity index is 4.30. The Hall–Kier alpha value is -0.470. The monoisotopic (exact) mass is 244 g/mol. The van der Waals surface area contributed by atoms with Crippen LogP contribution in [0.3, 0.4) is 0 Å². The van der Waals surface area contributed by atoms with Crippen LogP contribution in [-0.2, 0) is 13.6 Å². The summed E-state index contributed by atoms with van der Waals surface area (Å²) < 4.78 is 16.7. The van der Waals surface area contributed by atoms with Crippen molar-refractivity contribution < 1.29 is 13.6 Å². The summed E-state index contributed by atoms with van der Waals surface area (Å²) in [6.45, 7) is 16.6. The molecule has 0 aliphatic carbocycles. The average Bonchev–Trinajstić information content (AvgIpc) is 2.28. The molecular weight excluding hydrogens is 223 g/mol. The van der Waals surface area contributed by atoms with Crippen LogP contribution in [0.1, 0.15) is 20.8 Å². The minimum Gasteiger partial charge on any atom is -0.305 e. The van der Waals surface area contributed by atoms with Gasteiger partial charge in [-0.2, -0.15) is 0 Å². The summed E-state index contributed by atoms with van der Waals surface area (Å²) >= 11 is 0. The molecule has 3 nitrogen and oxygen atoms in total. The molecule has 0 fully saturated rings. The Morgan fingerprint density at radius 2 is 1.00 bits per heavy atom. The van der Waals surface area contributed by atoms with Crippen molar-refractivity contribution in [2.45, 2.75) is 39.1 Å². The highest BCUT2D eigenvalue weighted by molar-refractivity contribution is 7.41. The Kier molecular flexibility index (Phi) is 8.40. The summed E-state index contributed by atoms with van der Waals surface area (Å²) in [5.74, 6) is 0. The van der Waals surface area contributed by atoms with Crippen molar-refractivity contribution >= 4 is 8.60 Å². The van der Waals surface area contributed by atoms with E-state index in [0.29, 0.717) is 0 Å². The van der Waals surface area contributed by atoms with Gasteiger partial charge in [0.15, 0.2) is 0 Å². The van der Waals surface area contributed by atoms with E-state index in [4.69, 9.17) is 13.6 Å². The first-order chi connectivity index (χ1) is 7.53. The van der Waals surface area contributed by atoms with Crippen LogP contribution in [0.2, 0.25) is 0 Å². The van der Waals surface area contributed by atoms with Gasteiger partial charge in [0.25, 0.3) is 0 Å². The molecule has 92 valence electrons. The van der Waals surface area contributed by atoms with Gasteiger partial charge in [-0.3, -0.25) is 0 Å². The average molecular weight is 244 g/mol. The maximum atomic E-state index is 5.55. The second-order valence-electron chi connectivity index (χ2n) is 3.36. The van der Waals surface area contributed by atoms with E-state index < -0.39 is 8.60 Å². The molecule has 0 N–H and O–H groups in total. The van der Waals surface area contributed by atoms with Crippen LogP contribution in [0.5, 0.6) is 0 Å². The van der Waals surface area contributed by atoms with Crippen molar-refractivity contribution in [1.29, 1.82) is 0 Å². The zero-order valence-corrected chi connectivity index (χ0v) is 11.2. The van der Waals surface area contributed by atoms with Gasteiger partial charge in [-0.15, -0.1) is 19.7 Å². The van der Waals surface area contributed by atoms with Gasteiger partial charge in [-0.1, -0.05) is 18.2 Å². The molecule has 0 aromatic rings. The fraction of sp³-hybridized carbons (Fsp3) is 0.500. The summed E-state index contributed by atoms with van der Waals surface area (Å²) in [6, 6.07) is 0. The van der Waals surface area contributed by atoms with E-state index in [1.54, 1.807) is 18.2 Å². The van der Waals surface area contributed by atoms with Crippen LogP contribution in [0.25, 0.3) is 0 Å². The van der Waals surface area contributed by atoms with Crippen LogP contribution in [0, 0.1) is 0 Å². The molecule has 0 aliphatic rings. The normalized spacial score (nSPS) is 18.2.